The van der Waals surface area contributed by atoms with Gasteiger partial charge >= 0.3 is 0 Å². The normalized spacial score (nSPS) is 12.3. The summed E-state index contributed by atoms with van der Waals surface area (Å²) >= 11 is 1.52. The van der Waals surface area contributed by atoms with E-state index in [4.69, 9.17) is 4.74 Å². The van der Waals surface area contributed by atoms with E-state index >= 15 is 0 Å². The predicted molar refractivity (Wildman–Crippen MR) is 120 cm³/mol. The molecule has 0 saturated carbocycles. The molecule has 0 radical (unpaired) electrons. The zero-order chi connectivity index (χ0) is 21.8. The van der Waals surface area contributed by atoms with Gasteiger partial charge in [0, 0.05) is 24.4 Å². The van der Waals surface area contributed by atoms with Gasteiger partial charge in [-0.3, -0.25) is 14.2 Å². The maximum Gasteiger partial charge on any atom is 0.262 e. The summed E-state index contributed by atoms with van der Waals surface area (Å²) in [5, 5.41) is 3.65. The fraction of sp³-hybridized carbons (Fsp3) is 0.409. The number of ether oxygens (including phenoxy) is 1. The Kier molecular flexibility index (Phi) is 6.89. The number of nitrogens with one attached hydrogen (secondary N) is 1. The molecule has 0 aliphatic heterocycles. The Hall–Kier alpha value is -2.71. The van der Waals surface area contributed by atoms with Gasteiger partial charge in [-0.05, 0) is 51.2 Å². The van der Waals surface area contributed by atoms with Crippen LogP contribution >= 0.6 is 11.3 Å². The second-order valence-corrected chi connectivity index (χ2v) is 8.72. The summed E-state index contributed by atoms with van der Waals surface area (Å²) in [5.74, 6) is 0.682. The zero-order valence-corrected chi connectivity index (χ0v) is 18.9. The van der Waals surface area contributed by atoms with Crippen LogP contribution in [-0.2, 0) is 11.3 Å². The summed E-state index contributed by atoms with van der Waals surface area (Å²) < 4.78 is 6.83. The highest BCUT2D eigenvalue weighted by Gasteiger charge is 2.17. The predicted octanol–water partition coefficient (Wildman–Crippen LogP) is 2.89. The Bertz CT molecular complexity index is 1100. The number of amides is 1. The number of carbonyl (C=O) groups is 1. The lowest BCUT2D eigenvalue weighted by Gasteiger charge is -2.25. The molecule has 1 aromatic carbocycles. The van der Waals surface area contributed by atoms with Gasteiger partial charge in [-0.15, -0.1) is 11.3 Å². The lowest BCUT2D eigenvalue weighted by Crippen LogP contribution is -2.35. The Morgan fingerprint density at radius 2 is 2.10 bits per heavy atom. The number of aromatic nitrogens is 2. The molecule has 1 amide bonds. The third-order valence-corrected chi connectivity index (χ3v) is 6.45. The van der Waals surface area contributed by atoms with Gasteiger partial charge in [-0.1, -0.05) is 12.1 Å². The largest absolute Gasteiger partial charge is 0.497 e. The minimum absolute atomic E-state index is 0.0150. The van der Waals surface area contributed by atoms with E-state index in [1.165, 1.54) is 22.2 Å². The lowest BCUT2D eigenvalue weighted by atomic mass is 10.1. The Morgan fingerprint density at radius 3 is 2.80 bits per heavy atom. The molecule has 7 nitrogen and oxygen atoms in total. The van der Waals surface area contributed by atoms with Crippen LogP contribution in [0.3, 0.4) is 0 Å². The lowest BCUT2D eigenvalue weighted by molar-refractivity contribution is -0.121. The van der Waals surface area contributed by atoms with Crippen molar-refractivity contribution in [3.8, 4) is 5.75 Å². The Morgan fingerprint density at radius 1 is 1.33 bits per heavy atom. The first kappa shape index (κ1) is 22.0. The van der Waals surface area contributed by atoms with E-state index < -0.39 is 0 Å². The standard InChI is InChI=1S/C22H28N4O3S/c1-14-15(2)30-21-20(14)22(28)26(13-24-21)10-9-19(27)23-12-18(25(3)4)16-7-6-8-17(11-16)29-5/h6-8,11,13,18H,9-10,12H2,1-5H3,(H,23,27). The van der Waals surface area contributed by atoms with E-state index in [0.717, 1.165) is 26.6 Å². The number of rotatable bonds is 8. The molecule has 30 heavy (non-hydrogen) atoms. The second kappa shape index (κ2) is 9.40. The summed E-state index contributed by atoms with van der Waals surface area (Å²) in [6, 6.07) is 7.85. The molecular weight excluding hydrogens is 400 g/mol. The third-order valence-electron chi connectivity index (χ3n) is 5.33. The van der Waals surface area contributed by atoms with Gasteiger partial charge < -0.3 is 15.0 Å². The van der Waals surface area contributed by atoms with Gasteiger partial charge in [0.25, 0.3) is 5.56 Å². The van der Waals surface area contributed by atoms with Crippen molar-refractivity contribution >= 4 is 27.5 Å². The molecule has 3 rings (SSSR count). The van der Waals surface area contributed by atoms with Gasteiger partial charge in [-0.25, -0.2) is 4.98 Å². The number of benzene rings is 1. The molecule has 3 aromatic rings. The monoisotopic (exact) mass is 428 g/mol. The average molecular weight is 429 g/mol. The number of methoxy groups -OCH3 is 1. The van der Waals surface area contributed by atoms with Crippen molar-refractivity contribution in [3.05, 3.63) is 57.0 Å². The van der Waals surface area contributed by atoms with Crippen LogP contribution in [0.15, 0.2) is 35.4 Å². The SMILES string of the molecule is COc1cccc(C(CNC(=O)CCn2cnc3sc(C)c(C)c3c2=O)N(C)C)c1. The van der Waals surface area contributed by atoms with Crippen molar-refractivity contribution in [2.24, 2.45) is 0 Å². The van der Waals surface area contributed by atoms with E-state index in [1.54, 1.807) is 7.11 Å². The third kappa shape index (κ3) is 4.71. The number of hydrogen-bond donors (Lipinski definition) is 1. The second-order valence-electron chi connectivity index (χ2n) is 7.52. The maximum absolute atomic E-state index is 12.8. The van der Waals surface area contributed by atoms with Crippen LogP contribution in [0.1, 0.15) is 28.5 Å². The zero-order valence-electron chi connectivity index (χ0n) is 18.1. The molecule has 0 aliphatic rings. The van der Waals surface area contributed by atoms with Crippen LogP contribution < -0.4 is 15.6 Å². The van der Waals surface area contributed by atoms with Crippen molar-refractivity contribution in [2.45, 2.75) is 32.9 Å². The molecule has 1 unspecified atom stereocenters. The van der Waals surface area contributed by atoms with E-state index in [-0.39, 0.29) is 23.9 Å². The molecular formula is C22H28N4O3S. The van der Waals surface area contributed by atoms with Crippen LogP contribution in [0.2, 0.25) is 0 Å². The van der Waals surface area contributed by atoms with Gasteiger partial charge in [0.15, 0.2) is 0 Å². The van der Waals surface area contributed by atoms with Gasteiger partial charge in [0.2, 0.25) is 5.91 Å². The van der Waals surface area contributed by atoms with Gasteiger partial charge in [0.05, 0.1) is 24.9 Å². The number of carbonyl (C=O) groups excluding carboxylic acids is 1. The Labute approximate surface area is 180 Å². The van der Waals surface area contributed by atoms with Crippen molar-refractivity contribution in [2.75, 3.05) is 27.7 Å². The quantitative estimate of drug-likeness (QED) is 0.597. The molecule has 160 valence electrons. The number of aryl methyl sites for hydroxylation is 3. The maximum atomic E-state index is 12.8. The number of thiophene rings is 1. The highest BCUT2D eigenvalue weighted by Crippen LogP contribution is 2.25. The summed E-state index contributed by atoms with van der Waals surface area (Å²) in [5.41, 5.74) is 1.95. The molecule has 0 bridgehead atoms. The van der Waals surface area contributed by atoms with E-state index in [9.17, 15) is 9.59 Å². The smallest absolute Gasteiger partial charge is 0.262 e. The van der Waals surface area contributed by atoms with Crippen molar-refractivity contribution in [3.63, 3.8) is 0 Å². The molecule has 2 heterocycles. The van der Waals surface area contributed by atoms with Crippen molar-refractivity contribution in [1.82, 2.24) is 19.8 Å². The minimum Gasteiger partial charge on any atom is -0.497 e. The van der Waals surface area contributed by atoms with Crippen LogP contribution in [0.4, 0.5) is 0 Å². The molecule has 2 aromatic heterocycles. The van der Waals surface area contributed by atoms with Gasteiger partial charge in [-0.2, -0.15) is 0 Å². The molecule has 1 atom stereocenters. The highest BCUT2D eigenvalue weighted by atomic mass is 32.1. The first-order valence-electron chi connectivity index (χ1n) is 9.84. The van der Waals surface area contributed by atoms with Crippen LogP contribution in [0.5, 0.6) is 5.75 Å². The summed E-state index contributed by atoms with van der Waals surface area (Å²) in [7, 11) is 5.59. The molecule has 0 aliphatic carbocycles. The van der Waals surface area contributed by atoms with E-state index in [2.05, 4.69) is 15.2 Å². The number of likely N-dealkylation sites (N-methyl/N-ethyl adjacent to an activating group) is 1. The van der Waals surface area contributed by atoms with Crippen molar-refractivity contribution < 1.29 is 9.53 Å². The van der Waals surface area contributed by atoms with Crippen molar-refractivity contribution in [1.29, 1.82) is 0 Å². The minimum atomic E-state index is -0.102. The number of hydrogen-bond acceptors (Lipinski definition) is 6. The molecule has 8 heteroatoms. The van der Waals surface area contributed by atoms with Crippen LogP contribution in [0.25, 0.3) is 10.2 Å². The van der Waals surface area contributed by atoms with Crippen LogP contribution in [0, 0.1) is 13.8 Å². The summed E-state index contributed by atoms with van der Waals surface area (Å²) in [6.07, 6.45) is 1.75. The first-order chi connectivity index (χ1) is 14.3. The summed E-state index contributed by atoms with van der Waals surface area (Å²) in [6.45, 7) is 4.69. The van der Waals surface area contributed by atoms with E-state index in [1.807, 2.05) is 52.2 Å². The van der Waals surface area contributed by atoms with E-state index in [0.29, 0.717) is 18.5 Å². The van der Waals surface area contributed by atoms with Crippen LogP contribution in [-0.4, -0.2) is 48.1 Å². The topological polar surface area (TPSA) is 76.5 Å². The average Bonchev–Trinajstić information content (AvgIpc) is 3.02. The Balaban J connectivity index is 1.64. The molecule has 0 spiro atoms. The first-order valence-corrected chi connectivity index (χ1v) is 10.7. The molecule has 0 fully saturated rings. The fourth-order valence-electron chi connectivity index (χ4n) is 3.40. The fourth-order valence-corrected chi connectivity index (χ4v) is 4.38. The summed E-state index contributed by atoms with van der Waals surface area (Å²) in [4.78, 5) is 33.5. The number of fused-ring (bicyclic) bond motifs is 1. The van der Waals surface area contributed by atoms with Gasteiger partial charge in [0.1, 0.15) is 10.6 Å². The number of nitrogens with zero attached hydrogens (tertiary/aromatic N) is 3. The molecule has 0 saturated heterocycles. The highest BCUT2D eigenvalue weighted by molar-refractivity contribution is 7.18. The molecule has 1 N–H and O–H groups in total.